The zero-order valence-electron chi connectivity index (χ0n) is 16.3. The van der Waals surface area contributed by atoms with Gasteiger partial charge in [0.15, 0.2) is 0 Å². The van der Waals surface area contributed by atoms with E-state index >= 15 is 0 Å². The van der Waals surface area contributed by atoms with Crippen LogP contribution in [0.1, 0.15) is 34.5 Å². The van der Waals surface area contributed by atoms with Gasteiger partial charge in [0.1, 0.15) is 5.52 Å². The lowest BCUT2D eigenvalue weighted by atomic mass is 10.1. The van der Waals surface area contributed by atoms with Gasteiger partial charge in [-0.25, -0.2) is 4.68 Å². The average Bonchev–Trinajstić information content (AvgIpc) is 3.16. The van der Waals surface area contributed by atoms with Gasteiger partial charge in [-0.05, 0) is 54.4 Å². The maximum atomic E-state index is 12.9. The molecule has 1 amide bonds. The molecule has 0 aliphatic rings. The first-order valence-electron chi connectivity index (χ1n) is 9.43. The highest BCUT2D eigenvalue weighted by Crippen LogP contribution is 2.23. The van der Waals surface area contributed by atoms with Crippen LogP contribution in [0.15, 0.2) is 72.8 Å². The molecule has 0 radical (unpaired) electrons. The minimum absolute atomic E-state index is 0.0230. The van der Waals surface area contributed by atoms with Crippen molar-refractivity contribution in [3.05, 3.63) is 94.5 Å². The molecule has 0 saturated carbocycles. The number of nitrogens with zero attached hydrogens (tertiary/aromatic N) is 4. The van der Waals surface area contributed by atoms with Crippen LogP contribution in [-0.4, -0.2) is 32.8 Å². The molecule has 0 aliphatic heterocycles. The van der Waals surface area contributed by atoms with Crippen LogP contribution in [-0.2, 0) is 6.54 Å². The van der Waals surface area contributed by atoms with Crippen LogP contribution in [0.5, 0.6) is 0 Å². The summed E-state index contributed by atoms with van der Waals surface area (Å²) < 4.78 is 1.86. The van der Waals surface area contributed by atoms with Crippen LogP contribution in [0.4, 0.5) is 0 Å². The molecule has 1 aromatic heterocycles. The van der Waals surface area contributed by atoms with Crippen molar-refractivity contribution >= 4 is 28.5 Å². The van der Waals surface area contributed by atoms with Gasteiger partial charge in [-0.2, -0.15) is 0 Å². The summed E-state index contributed by atoms with van der Waals surface area (Å²) >= 11 is 5.96. The second-order valence-electron chi connectivity index (χ2n) is 7.08. The summed E-state index contributed by atoms with van der Waals surface area (Å²) in [7, 11) is 1.82. The molecule has 4 aromatic rings. The van der Waals surface area contributed by atoms with Gasteiger partial charge in [0.25, 0.3) is 5.91 Å². The van der Waals surface area contributed by atoms with Crippen LogP contribution >= 0.6 is 11.6 Å². The molecule has 6 heteroatoms. The van der Waals surface area contributed by atoms with E-state index < -0.39 is 0 Å². The van der Waals surface area contributed by atoms with E-state index in [4.69, 9.17) is 11.6 Å². The molecule has 0 saturated heterocycles. The molecule has 0 aliphatic carbocycles. The zero-order chi connectivity index (χ0) is 20.4. The van der Waals surface area contributed by atoms with E-state index in [-0.39, 0.29) is 11.9 Å². The SMILES string of the molecule is CC(c1ccc(Cl)cc1)N(C)C(=O)c1ccc(Cn2nnc3ccccc32)cc1. The van der Waals surface area contributed by atoms with Gasteiger partial charge in [0, 0.05) is 17.6 Å². The quantitative estimate of drug-likeness (QED) is 0.472. The van der Waals surface area contributed by atoms with Gasteiger partial charge < -0.3 is 4.90 Å². The lowest BCUT2D eigenvalue weighted by Gasteiger charge is -2.25. The Labute approximate surface area is 174 Å². The molecule has 5 nitrogen and oxygen atoms in total. The maximum absolute atomic E-state index is 12.9. The summed E-state index contributed by atoms with van der Waals surface area (Å²) in [6, 6.07) is 23.0. The molecule has 0 bridgehead atoms. The molecule has 1 heterocycles. The van der Waals surface area contributed by atoms with Gasteiger partial charge >= 0.3 is 0 Å². The number of halogens is 1. The van der Waals surface area contributed by atoms with Crippen LogP contribution in [0.2, 0.25) is 5.02 Å². The van der Waals surface area contributed by atoms with Crippen molar-refractivity contribution in [1.29, 1.82) is 0 Å². The molecule has 29 heavy (non-hydrogen) atoms. The lowest BCUT2D eigenvalue weighted by molar-refractivity contribution is 0.0742. The predicted octanol–water partition coefficient (Wildman–Crippen LogP) is 4.97. The van der Waals surface area contributed by atoms with Crippen molar-refractivity contribution in [2.24, 2.45) is 0 Å². The number of para-hydroxylation sites is 1. The Morgan fingerprint density at radius 2 is 1.72 bits per heavy atom. The van der Waals surface area contributed by atoms with Crippen molar-refractivity contribution in [3.8, 4) is 0 Å². The molecule has 0 fully saturated rings. The minimum Gasteiger partial charge on any atom is -0.335 e. The van der Waals surface area contributed by atoms with Crippen molar-refractivity contribution in [1.82, 2.24) is 19.9 Å². The Morgan fingerprint density at radius 3 is 2.45 bits per heavy atom. The number of aromatic nitrogens is 3. The first kappa shape index (κ1) is 19.2. The number of fused-ring (bicyclic) bond motifs is 1. The molecule has 1 unspecified atom stereocenters. The molecular formula is C23H21ClN4O. The van der Waals surface area contributed by atoms with Crippen molar-refractivity contribution in [2.45, 2.75) is 19.5 Å². The van der Waals surface area contributed by atoms with E-state index in [9.17, 15) is 4.79 Å². The maximum Gasteiger partial charge on any atom is 0.254 e. The normalized spacial score (nSPS) is 12.1. The van der Waals surface area contributed by atoms with Gasteiger partial charge in [-0.15, -0.1) is 5.10 Å². The Kier molecular flexibility index (Phi) is 5.32. The fourth-order valence-corrected chi connectivity index (χ4v) is 3.43. The Balaban J connectivity index is 1.48. The van der Waals surface area contributed by atoms with Gasteiger partial charge in [0.05, 0.1) is 18.1 Å². The molecule has 4 rings (SSSR count). The summed E-state index contributed by atoms with van der Waals surface area (Å²) in [6.45, 7) is 2.61. The number of hydrogen-bond acceptors (Lipinski definition) is 3. The standard InChI is InChI=1S/C23H21ClN4O/c1-16(18-11-13-20(24)14-12-18)27(2)23(29)19-9-7-17(8-10-19)15-28-22-6-4-3-5-21(22)25-26-28/h3-14,16H,15H2,1-2H3. The van der Waals surface area contributed by atoms with Gasteiger partial charge in [-0.1, -0.05) is 53.2 Å². The average molecular weight is 405 g/mol. The van der Waals surface area contributed by atoms with E-state index in [0.29, 0.717) is 17.1 Å². The highest BCUT2D eigenvalue weighted by Gasteiger charge is 2.19. The Morgan fingerprint density at radius 1 is 1.03 bits per heavy atom. The van der Waals surface area contributed by atoms with Crippen LogP contribution in [0, 0.1) is 0 Å². The van der Waals surface area contributed by atoms with E-state index in [2.05, 4.69) is 10.3 Å². The third kappa shape index (κ3) is 4.00. The molecule has 146 valence electrons. The van der Waals surface area contributed by atoms with Gasteiger partial charge in [0.2, 0.25) is 0 Å². The highest BCUT2D eigenvalue weighted by atomic mass is 35.5. The third-order valence-corrected chi connectivity index (χ3v) is 5.46. The van der Waals surface area contributed by atoms with Gasteiger partial charge in [-0.3, -0.25) is 4.79 Å². The van der Waals surface area contributed by atoms with E-state index in [0.717, 1.165) is 22.2 Å². The molecule has 1 atom stereocenters. The van der Waals surface area contributed by atoms with Crippen LogP contribution < -0.4 is 0 Å². The molecule has 0 spiro atoms. The van der Waals surface area contributed by atoms with Crippen molar-refractivity contribution in [2.75, 3.05) is 7.05 Å². The van der Waals surface area contributed by atoms with E-state index in [1.54, 1.807) is 4.90 Å². The van der Waals surface area contributed by atoms with E-state index in [1.165, 1.54) is 0 Å². The second-order valence-corrected chi connectivity index (χ2v) is 7.51. The van der Waals surface area contributed by atoms with Crippen LogP contribution in [0.3, 0.4) is 0 Å². The number of rotatable bonds is 5. The predicted molar refractivity (Wildman–Crippen MR) is 115 cm³/mol. The fraction of sp³-hybridized carbons (Fsp3) is 0.174. The summed E-state index contributed by atoms with van der Waals surface area (Å²) in [6.07, 6.45) is 0. The monoisotopic (exact) mass is 404 g/mol. The number of hydrogen-bond donors (Lipinski definition) is 0. The highest BCUT2D eigenvalue weighted by molar-refractivity contribution is 6.30. The van der Waals surface area contributed by atoms with Crippen molar-refractivity contribution < 1.29 is 4.79 Å². The summed E-state index contributed by atoms with van der Waals surface area (Å²) in [5.74, 6) is -0.0230. The smallest absolute Gasteiger partial charge is 0.254 e. The number of benzene rings is 3. The summed E-state index contributed by atoms with van der Waals surface area (Å²) in [4.78, 5) is 14.6. The first-order valence-corrected chi connectivity index (χ1v) is 9.80. The van der Waals surface area contributed by atoms with Crippen LogP contribution in [0.25, 0.3) is 11.0 Å². The molecule has 0 N–H and O–H groups in total. The minimum atomic E-state index is -0.0547. The Bertz CT molecular complexity index is 1140. The lowest BCUT2D eigenvalue weighted by Crippen LogP contribution is -2.29. The number of carbonyl (C=O) groups is 1. The molecule has 3 aromatic carbocycles. The summed E-state index contributed by atoms with van der Waals surface area (Å²) in [5, 5.41) is 9.09. The number of carbonyl (C=O) groups excluding carboxylic acids is 1. The van der Waals surface area contributed by atoms with E-state index in [1.807, 2.05) is 91.4 Å². The fourth-order valence-electron chi connectivity index (χ4n) is 3.30. The number of amides is 1. The second kappa shape index (κ2) is 8.05. The topological polar surface area (TPSA) is 51.0 Å². The first-order chi connectivity index (χ1) is 14.0. The Hall–Kier alpha value is -3.18. The third-order valence-electron chi connectivity index (χ3n) is 5.21. The largest absolute Gasteiger partial charge is 0.335 e. The zero-order valence-corrected chi connectivity index (χ0v) is 17.0. The molecular weight excluding hydrogens is 384 g/mol. The van der Waals surface area contributed by atoms with Crippen molar-refractivity contribution in [3.63, 3.8) is 0 Å². The summed E-state index contributed by atoms with van der Waals surface area (Å²) in [5.41, 5.74) is 4.62.